The highest BCUT2D eigenvalue weighted by Crippen LogP contribution is 2.18. The molecule has 1 saturated heterocycles. The van der Waals surface area contributed by atoms with Crippen LogP contribution in [0.1, 0.15) is 38.3 Å². The molecule has 0 amide bonds. The average Bonchev–Trinajstić information content (AvgIpc) is 2.81. The van der Waals surface area contributed by atoms with Gasteiger partial charge >= 0.3 is 0 Å². The van der Waals surface area contributed by atoms with E-state index >= 15 is 0 Å². The molecule has 4 nitrogen and oxygen atoms in total. The van der Waals surface area contributed by atoms with E-state index < -0.39 is 0 Å². The van der Waals surface area contributed by atoms with E-state index in [0.29, 0.717) is 12.1 Å². The van der Waals surface area contributed by atoms with Crippen LogP contribution in [0.3, 0.4) is 0 Å². The number of ether oxygens (including phenoxy) is 1. The molecule has 1 N–H and O–H groups in total. The second-order valence-corrected chi connectivity index (χ2v) is 5.15. The number of nitrogens with one attached hydrogen (secondary N) is 1. The predicted molar refractivity (Wildman–Crippen MR) is 72.6 cm³/mol. The van der Waals surface area contributed by atoms with E-state index in [1.807, 2.05) is 17.9 Å². The van der Waals surface area contributed by atoms with E-state index in [9.17, 15) is 0 Å². The first-order valence-electron chi connectivity index (χ1n) is 7.13. The van der Waals surface area contributed by atoms with Gasteiger partial charge in [0.2, 0.25) is 0 Å². The normalized spacial score (nSPS) is 22.0. The fourth-order valence-electron chi connectivity index (χ4n) is 2.55. The van der Waals surface area contributed by atoms with E-state index in [1.54, 1.807) is 0 Å². The molecule has 0 aromatic carbocycles. The van der Waals surface area contributed by atoms with Crippen molar-refractivity contribution in [3.05, 3.63) is 18.0 Å². The van der Waals surface area contributed by atoms with Gasteiger partial charge in [-0.2, -0.15) is 5.10 Å². The summed E-state index contributed by atoms with van der Waals surface area (Å²) < 4.78 is 7.79. The maximum atomic E-state index is 5.92. The van der Waals surface area contributed by atoms with Crippen LogP contribution in [0.15, 0.2) is 12.3 Å². The molecule has 2 atom stereocenters. The van der Waals surface area contributed by atoms with Gasteiger partial charge in [0, 0.05) is 32.3 Å². The number of hydrogen-bond acceptors (Lipinski definition) is 3. The Morgan fingerprint density at radius 1 is 1.56 bits per heavy atom. The molecule has 2 unspecified atom stereocenters. The zero-order valence-electron chi connectivity index (χ0n) is 11.6. The Bertz CT molecular complexity index is 345. The maximum absolute atomic E-state index is 5.92. The van der Waals surface area contributed by atoms with Crippen LogP contribution in [0.4, 0.5) is 0 Å². The molecule has 2 heterocycles. The molecular weight excluding hydrogens is 226 g/mol. The van der Waals surface area contributed by atoms with Gasteiger partial charge in [0.15, 0.2) is 0 Å². The average molecular weight is 251 g/mol. The SMILES string of the molecule is CCCNC(Cc1ccn(C)n1)C1CCCCO1. The Kier molecular flexibility index (Phi) is 5.20. The molecular formula is C14H25N3O. The molecule has 1 aromatic heterocycles. The summed E-state index contributed by atoms with van der Waals surface area (Å²) in [6.07, 6.45) is 8.16. The van der Waals surface area contributed by atoms with Gasteiger partial charge in [-0.15, -0.1) is 0 Å². The lowest BCUT2D eigenvalue weighted by atomic mass is 9.98. The third-order valence-corrected chi connectivity index (χ3v) is 3.52. The Labute approximate surface area is 110 Å². The van der Waals surface area contributed by atoms with Crippen molar-refractivity contribution in [2.45, 2.75) is 51.2 Å². The van der Waals surface area contributed by atoms with Crippen LogP contribution in [0.2, 0.25) is 0 Å². The van der Waals surface area contributed by atoms with E-state index in [1.165, 1.54) is 19.3 Å². The second kappa shape index (κ2) is 6.90. The first-order valence-corrected chi connectivity index (χ1v) is 7.13. The minimum Gasteiger partial charge on any atom is -0.377 e. The minimum absolute atomic E-state index is 0.354. The smallest absolute Gasteiger partial charge is 0.0731 e. The molecule has 102 valence electrons. The number of aromatic nitrogens is 2. The van der Waals surface area contributed by atoms with Crippen molar-refractivity contribution in [3.8, 4) is 0 Å². The lowest BCUT2D eigenvalue weighted by Gasteiger charge is -2.31. The topological polar surface area (TPSA) is 39.1 Å². The van der Waals surface area contributed by atoms with Gasteiger partial charge in [0.1, 0.15) is 0 Å². The number of aryl methyl sites for hydroxylation is 1. The second-order valence-electron chi connectivity index (χ2n) is 5.15. The van der Waals surface area contributed by atoms with Crippen molar-refractivity contribution >= 4 is 0 Å². The monoisotopic (exact) mass is 251 g/mol. The number of rotatable bonds is 6. The number of hydrogen-bond donors (Lipinski definition) is 1. The van der Waals surface area contributed by atoms with Gasteiger partial charge in [-0.3, -0.25) is 4.68 Å². The Hall–Kier alpha value is -0.870. The first-order chi connectivity index (χ1) is 8.79. The summed E-state index contributed by atoms with van der Waals surface area (Å²) >= 11 is 0. The molecule has 18 heavy (non-hydrogen) atoms. The molecule has 4 heteroatoms. The Morgan fingerprint density at radius 3 is 3.06 bits per heavy atom. The van der Waals surface area contributed by atoms with Crippen LogP contribution in [0, 0.1) is 0 Å². The largest absolute Gasteiger partial charge is 0.377 e. The fourth-order valence-corrected chi connectivity index (χ4v) is 2.55. The summed E-state index contributed by atoms with van der Waals surface area (Å²) in [5.41, 5.74) is 1.15. The van der Waals surface area contributed by atoms with Crippen LogP contribution < -0.4 is 5.32 Å². The van der Waals surface area contributed by atoms with Crippen molar-refractivity contribution in [1.82, 2.24) is 15.1 Å². The molecule has 0 bridgehead atoms. The number of nitrogens with zero attached hydrogens (tertiary/aromatic N) is 2. The zero-order chi connectivity index (χ0) is 12.8. The molecule has 0 aliphatic carbocycles. The molecule has 0 radical (unpaired) electrons. The standard InChI is InChI=1S/C14H25N3O/c1-3-8-15-13(14-6-4-5-10-18-14)11-12-7-9-17(2)16-12/h7,9,13-15H,3-6,8,10-11H2,1-2H3. The third-order valence-electron chi connectivity index (χ3n) is 3.52. The van der Waals surface area contributed by atoms with E-state index in [2.05, 4.69) is 23.4 Å². The zero-order valence-corrected chi connectivity index (χ0v) is 11.6. The van der Waals surface area contributed by atoms with E-state index in [-0.39, 0.29) is 0 Å². The summed E-state index contributed by atoms with van der Waals surface area (Å²) in [5.74, 6) is 0. The van der Waals surface area contributed by atoms with Crippen LogP contribution in [-0.4, -0.2) is 35.1 Å². The molecule has 0 saturated carbocycles. The van der Waals surface area contributed by atoms with Gasteiger partial charge in [-0.1, -0.05) is 6.92 Å². The van der Waals surface area contributed by atoms with Gasteiger partial charge in [0.25, 0.3) is 0 Å². The summed E-state index contributed by atoms with van der Waals surface area (Å²) in [4.78, 5) is 0. The molecule has 2 rings (SSSR count). The van der Waals surface area contributed by atoms with Crippen LogP contribution >= 0.6 is 0 Å². The van der Waals surface area contributed by atoms with Crippen molar-refractivity contribution in [2.24, 2.45) is 7.05 Å². The third kappa shape index (κ3) is 3.82. The highest BCUT2D eigenvalue weighted by molar-refractivity contribution is 5.02. The lowest BCUT2D eigenvalue weighted by Crippen LogP contribution is -2.44. The highest BCUT2D eigenvalue weighted by Gasteiger charge is 2.24. The summed E-state index contributed by atoms with van der Waals surface area (Å²) in [6, 6.07) is 2.50. The van der Waals surface area contributed by atoms with E-state index in [0.717, 1.165) is 31.7 Å². The maximum Gasteiger partial charge on any atom is 0.0731 e. The molecule has 0 spiro atoms. The summed E-state index contributed by atoms with van der Waals surface area (Å²) in [7, 11) is 1.97. The van der Waals surface area contributed by atoms with Crippen LogP contribution in [0.25, 0.3) is 0 Å². The quantitative estimate of drug-likeness (QED) is 0.839. The van der Waals surface area contributed by atoms with Crippen molar-refractivity contribution in [3.63, 3.8) is 0 Å². The van der Waals surface area contributed by atoms with Crippen LogP contribution in [0.5, 0.6) is 0 Å². The van der Waals surface area contributed by atoms with E-state index in [4.69, 9.17) is 4.74 Å². The summed E-state index contributed by atoms with van der Waals surface area (Å²) in [6.45, 7) is 4.17. The molecule has 1 aliphatic rings. The van der Waals surface area contributed by atoms with Gasteiger partial charge < -0.3 is 10.1 Å². The first kappa shape index (κ1) is 13.6. The van der Waals surface area contributed by atoms with Gasteiger partial charge in [0.05, 0.1) is 11.8 Å². The fraction of sp³-hybridized carbons (Fsp3) is 0.786. The Balaban J connectivity index is 1.94. The molecule has 1 aromatic rings. The van der Waals surface area contributed by atoms with Gasteiger partial charge in [-0.05, 0) is 38.3 Å². The van der Waals surface area contributed by atoms with Crippen LogP contribution in [-0.2, 0) is 18.2 Å². The van der Waals surface area contributed by atoms with Gasteiger partial charge in [-0.25, -0.2) is 0 Å². The minimum atomic E-state index is 0.354. The summed E-state index contributed by atoms with van der Waals surface area (Å²) in [5, 5.41) is 8.10. The molecule has 1 fully saturated rings. The van der Waals surface area contributed by atoms with Crippen molar-refractivity contribution in [1.29, 1.82) is 0 Å². The Morgan fingerprint density at radius 2 is 2.44 bits per heavy atom. The van der Waals surface area contributed by atoms with Crippen molar-refractivity contribution < 1.29 is 4.74 Å². The van der Waals surface area contributed by atoms with Crippen molar-refractivity contribution in [2.75, 3.05) is 13.2 Å². The predicted octanol–water partition coefficient (Wildman–Crippen LogP) is 1.90. The highest BCUT2D eigenvalue weighted by atomic mass is 16.5. The molecule has 1 aliphatic heterocycles. The lowest BCUT2D eigenvalue weighted by molar-refractivity contribution is -0.00758.